The smallest absolute Gasteiger partial charge is 0.264 e. The molecule has 5 nitrogen and oxygen atoms in total. The number of aryl methyl sites for hydroxylation is 2. The van der Waals surface area contributed by atoms with Crippen molar-refractivity contribution in [3.63, 3.8) is 0 Å². The van der Waals surface area contributed by atoms with E-state index in [0.717, 1.165) is 39.6 Å². The molecule has 0 unspecified atom stereocenters. The Balaban J connectivity index is 1.67. The van der Waals surface area contributed by atoms with Gasteiger partial charge < -0.3 is 4.90 Å². The molecule has 4 heterocycles. The molecule has 0 saturated carbocycles. The molecule has 0 N–H and O–H groups in total. The van der Waals surface area contributed by atoms with Crippen molar-refractivity contribution < 1.29 is 4.79 Å². The molecule has 4 rings (SSSR count). The maximum absolute atomic E-state index is 12.6. The molecule has 6 heteroatoms. The summed E-state index contributed by atoms with van der Waals surface area (Å²) in [5.74, 6) is 0.112. The molecule has 3 aromatic heterocycles. The topological polar surface area (TPSA) is 50.5 Å². The fourth-order valence-electron chi connectivity index (χ4n) is 2.93. The summed E-state index contributed by atoms with van der Waals surface area (Å²) in [6, 6.07) is 5.88. The predicted molar refractivity (Wildman–Crippen MR) is 85.2 cm³/mol. The minimum Gasteiger partial charge on any atom is -0.333 e. The van der Waals surface area contributed by atoms with Crippen LogP contribution in [0.15, 0.2) is 24.4 Å². The van der Waals surface area contributed by atoms with Gasteiger partial charge in [0.15, 0.2) is 5.65 Å². The van der Waals surface area contributed by atoms with Crippen molar-refractivity contribution in [2.24, 2.45) is 0 Å². The molecule has 0 atom stereocenters. The van der Waals surface area contributed by atoms with Crippen molar-refractivity contribution in [3.05, 3.63) is 51.1 Å². The highest BCUT2D eigenvalue weighted by Gasteiger charge is 2.25. The second-order valence-corrected chi connectivity index (χ2v) is 6.96. The van der Waals surface area contributed by atoms with Gasteiger partial charge in [0.2, 0.25) is 0 Å². The third kappa shape index (κ3) is 2.11. The van der Waals surface area contributed by atoms with E-state index in [1.54, 1.807) is 11.3 Å². The average Bonchev–Trinajstić information content (AvgIpc) is 3.11. The van der Waals surface area contributed by atoms with Crippen LogP contribution < -0.4 is 0 Å². The average molecular weight is 312 g/mol. The largest absolute Gasteiger partial charge is 0.333 e. The zero-order chi connectivity index (χ0) is 15.3. The first-order valence-electron chi connectivity index (χ1n) is 7.30. The predicted octanol–water partition coefficient (Wildman–Crippen LogP) is 2.61. The van der Waals surface area contributed by atoms with Crippen molar-refractivity contribution in [2.45, 2.75) is 26.8 Å². The number of amides is 1. The first-order valence-corrected chi connectivity index (χ1v) is 8.12. The molecule has 0 spiro atoms. The van der Waals surface area contributed by atoms with E-state index in [-0.39, 0.29) is 5.91 Å². The molecule has 1 aliphatic rings. The molecule has 0 radical (unpaired) electrons. The molecule has 1 amide bonds. The van der Waals surface area contributed by atoms with E-state index in [1.807, 2.05) is 47.7 Å². The Morgan fingerprint density at radius 3 is 2.95 bits per heavy atom. The summed E-state index contributed by atoms with van der Waals surface area (Å²) < 4.78 is 1.92. The molecule has 0 aromatic carbocycles. The van der Waals surface area contributed by atoms with E-state index >= 15 is 0 Å². The Morgan fingerprint density at radius 2 is 2.18 bits per heavy atom. The van der Waals surface area contributed by atoms with Gasteiger partial charge >= 0.3 is 0 Å². The van der Waals surface area contributed by atoms with Gasteiger partial charge in [0.05, 0.1) is 16.3 Å². The quantitative estimate of drug-likeness (QED) is 0.694. The Bertz CT molecular complexity index is 880. The molecule has 112 valence electrons. The molecule has 0 bridgehead atoms. The lowest BCUT2D eigenvalue weighted by atomic mass is 10.1. The zero-order valence-corrected chi connectivity index (χ0v) is 13.4. The number of nitrogens with zero attached hydrogens (tertiary/aromatic N) is 4. The van der Waals surface area contributed by atoms with Crippen LogP contribution in [0, 0.1) is 13.8 Å². The number of carbonyl (C=O) groups is 1. The summed E-state index contributed by atoms with van der Waals surface area (Å²) in [6.07, 6.45) is 2.69. The van der Waals surface area contributed by atoms with Crippen molar-refractivity contribution in [3.8, 4) is 0 Å². The Kier molecular flexibility index (Phi) is 3.00. The Morgan fingerprint density at radius 1 is 1.32 bits per heavy atom. The minimum atomic E-state index is 0.112. The summed E-state index contributed by atoms with van der Waals surface area (Å²) in [5, 5.41) is 4.51. The zero-order valence-electron chi connectivity index (χ0n) is 12.5. The Labute approximate surface area is 132 Å². The number of carbonyl (C=O) groups excluding carboxylic acids is 1. The van der Waals surface area contributed by atoms with E-state index in [2.05, 4.69) is 10.1 Å². The van der Waals surface area contributed by atoms with Gasteiger partial charge in [-0.1, -0.05) is 0 Å². The molecular formula is C16H16N4OS. The van der Waals surface area contributed by atoms with E-state index in [4.69, 9.17) is 0 Å². The molecule has 0 fully saturated rings. The second-order valence-electron chi connectivity index (χ2n) is 5.67. The fraction of sp³-hybridized carbons (Fsp3) is 0.312. The van der Waals surface area contributed by atoms with Crippen LogP contribution in [0.2, 0.25) is 0 Å². The van der Waals surface area contributed by atoms with Gasteiger partial charge in [0.1, 0.15) is 0 Å². The third-order valence-corrected chi connectivity index (χ3v) is 5.00. The number of thiophene rings is 1. The van der Waals surface area contributed by atoms with Crippen LogP contribution in [-0.4, -0.2) is 31.9 Å². The summed E-state index contributed by atoms with van der Waals surface area (Å²) in [4.78, 5) is 20.9. The lowest BCUT2D eigenvalue weighted by Crippen LogP contribution is -2.36. The summed E-state index contributed by atoms with van der Waals surface area (Å²) in [6.45, 7) is 5.32. The monoisotopic (exact) mass is 312 g/mol. The second kappa shape index (κ2) is 4.91. The summed E-state index contributed by atoms with van der Waals surface area (Å²) in [5.41, 5.74) is 4.10. The van der Waals surface area contributed by atoms with Crippen molar-refractivity contribution >= 4 is 22.9 Å². The van der Waals surface area contributed by atoms with Crippen LogP contribution in [0.5, 0.6) is 0 Å². The van der Waals surface area contributed by atoms with Crippen LogP contribution in [0.4, 0.5) is 0 Å². The standard InChI is InChI=1S/C16H16N4OS/c1-10-7-15-17-8-12-9-19(6-5-13(12)20(15)18-10)16(21)14-4-3-11(2)22-14/h3-4,7-8H,5-6,9H2,1-2H3. The SMILES string of the molecule is Cc1cc2ncc3c(n2n1)CCN(C(=O)c1ccc(C)s1)C3. The molecule has 0 saturated heterocycles. The number of aromatic nitrogens is 3. The van der Waals surface area contributed by atoms with Crippen molar-refractivity contribution in [2.75, 3.05) is 6.54 Å². The van der Waals surface area contributed by atoms with Crippen LogP contribution in [-0.2, 0) is 13.0 Å². The van der Waals surface area contributed by atoms with Crippen LogP contribution >= 0.6 is 11.3 Å². The Hall–Kier alpha value is -2.21. The first kappa shape index (κ1) is 13.5. The first-order chi connectivity index (χ1) is 10.6. The van der Waals surface area contributed by atoms with Gasteiger partial charge in [-0.2, -0.15) is 5.10 Å². The van der Waals surface area contributed by atoms with E-state index in [0.29, 0.717) is 6.54 Å². The number of hydrogen-bond donors (Lipinski definition) is 0. The highest BCUT2D eigenvalue weighted by molar-refractivity contribution is 7.13. The van der Waals surface area contributed by atoms with E-state index in [1.165, 1.54) is 5.69 Å². The van der Waals surface area contributed by atoms with Crippen LogP contribution in [0.3, 0.4) is 0 Å². The van der Waals surface area contributed by atoms with Gasteiger partial charge in [-0.05, 0) is 26.0 Å². The molecule has 0 aliphatic carbocycles. The molecule has 22 heavy (non-hydrogen) atoms. The van der Waals surface area contributed by atoms with Gasteiger partial charge in [0.25, 0.3) is 5.91 Å². The summed E-state index contributed by atoms with van der Waals surface area (Å²) in [7, 11) is 0. The van der Waals surface area contributed by atoms with Gasteiger partial charge in [-0.15, -0.1) is 11.3 Å². The van der Waals surface area contributed by atoms with Gasteiger partial charge in [-0.25, -0.2) is 9.50 Å². The lowest BCUT2D eigenvalue weighted by Gasteiger charge is -2.28. The van der Waals surface area contributed by atoms with Crippen LogP contribution in [0.1, 0.15) is 31.5 Å². The van der Waals surface area contributed by atoms with Gasteiger partial charge in [0, 0.05) is 42.2 Å². The number of hydrogen-bond acceptors (Lipinski definition) is 4. The molecular weight excluding hydrogens is 296 g/mol. The van der Waals surface area contributed by atoms with Crippen molar-refractivity contribution in [1.29, 1.82) is 0 Å². The highest BCUT2D eigenvalue weighted by Crippen LogP contribution is 2.23. The minimum absolute atomic E-state index is 0.112. The lowest BCUT2D eigenvalue weighted by molar-refractivity contribution is 0.0737. The molecule has 1 aliphatic heterocycles. The fourth-order valence-corrected chi connectivity index (χ4v) is 3.77. The van der Waals surface area contributed by atoms with Crippen LogP contribution in [0.25, 0.3) is 5.65 Å². The molecule has 3 aromatic rings. The van der Waals surface area contributed by atoms with Crippen molar-refractivity contribution in [1.82, 2.24) is 19.5 Å². The third-order valence-electron chi connectivity index (χ3n) is 4.01. The van der Waals surface area contributed by atoms with Gasteiger partial charge in [-0.3, -0.25) is 4.79 Å². The maximum atomic E-state index is 12.6. The highest BCUT2D eigenvalue weighted by atomic mass is 32.1. The van der Waals surface area contributed by atoms with E-state index in [9.17, 15) is 4.79 Å². The summed E-state index contributed by atoms with van der Waals surface area (Å²) >= 11 is 1.55. The number of fused-ring (bicyclic) bond motifs is 3. The van der Waals surface area contributed by atoms with E-state index < -0.39 is 0 Å². The normalized spacial score (nSPS) is 14.4. The number of rotatable bonds is 1. The maximum Gasteiger partial charge on any atom is 0.264 e.